The van der Waals surface area contributed by atoms with Crippen molar-refractivity contribution >= 4 is 40.1 Å². The molecule has 1 heterocycles. The molecule has 0 saturated carbocycles. The van der Waals surface area contributed by atoms with Crippen LogP contribution < -0.4 is 10.1 Å². The predicted molar refractivity (Wildman–Crippen MR) is 107 cm³/mol. The van der Waals surface area contributed by atoms with E-state index in [4.69, 9.17) is 16.3 Å². The van der Waals surface area contributed by atoms with Crippen LogP contribution in [0.5, 0.6) is 5.75 Å². The predicted octanol–water partition coefficient (Wildman–Crippen LogP) is 5.05. The van der Waals surface area contributed by atoms with Gasteiger partial charge in [-0.15, -0.1) is 11.3 Å². The van der Waals surface area contributed by atoms with Crippen LogP contribution in [-0.2, 0) is 11.2 Å². The van der Waals surface area contributed by atoms with Gasteiger partial charge in [0.15, 0.2) is 5.13 Å². The van der Waals surface area contributed by atoms with Gasteiger partial charge in [0.2, 0.25) is 5.91 Å². The number of nitrogens with zero attached hydrogens (tertiary/aromatic N) is 1. The van der Waals surface area contributed by atoms with E-state index >= 15 is 0 Å². The molecular weight excluding hydrogens is 368 g/mol. The summed E-state index contributed by atoms with van der Waals surface area (Å²) in [4.78, 5) is 17.4. The molecule has 0 atom stereocenters. The monoisotopic (exact) mass is 384 g/mol. The first-order chi connectivity index (χ1) is 12.6. The number of anilines is 1. The van der Waals surface area contributed by atoms with Crippen LogP contribution in [0.4, 0.5) is 5.13 Å². The summed E-state index contributed by atoms with van der Waals surface area (Å²) in [5.74, 6) is 0.486. The van der Waals surface area contributed by atoms with Crippen LogP contribution in [0.3, 0.4) is 0 Å². The van der Waals surface area contributed by atoms with E-state index in [1.54, 1.807) is 19.4 Å². The third kappa shape index (κ3) is 4.94. The Morgan fingerprint density at radius 2 is 2.00 bits per heavy atom. The summed E-state index contributed by atoms with van der Waals surface area (Å²) < 4.78 is 5.26. The minimum Gasteiger partial charge on any atom is -0.496 e. The van der Waals surface area contributed by atoms with Gasteiger partial charge in [-0.05, 0) is 29.8 Å². The number of para-hydroxylation sites is 1. The average Bonchev–Trinajstić information content (AvgIpc) is 3.09. The van der Waals surface area contributed by atoms with Crippen LogP contribution in [0.2, 0.25) is 5.02 Å². The number of methoxy groups -OCH3 is 1. The second-order valence-corrected chi connectivity index (χ2v) is 7.05. The second kappa shape index (κ2) is 8.65. The molecule has 1 amide bonds. The molecule has 0 radical (unpaired) electrons. The highest BCUT2D eigenvalue weighted by atomic mass is 35.5. The van der Waals surface area contributed by atoms with Crippen LogP contribution in [0.15, 0.2) is 60.8 Å². The Hall–Kier alpha value is -2.63. The van der Waals surface area contributed by atoms with Gasteiger partial charge in [0, 0.05) is 34.2 Å². The highest BCUT2D eigenvalue weighted by molar-refractivity contribution is 7.15. The van der Waals surface area contributed by atoms with Gasteiger partial charge >= 0.3 is 0 Å². The van der Waals surface area contributed by atoms with Gasteiger partial charge in [-0.2, -0.15) is 0 Å². The number of hydrogen-bond acceptors (Lipinski definition) is 4. The zero-order valence-electron chi connectivity index (χ0n) is 14.1. The number of hydrogen-bond donors (Lipinski definition) is 1. The van der Waals surface area contributed by atoms with Crippen LogP contribution in [0.1, 0.15) is 16.0 Å². The molecule has 0 unspecified atom stereocenters. The highest BCUT2D eigenvalue weighted by Crippen LogP contribution is 2.22. The van der Waals surface area contributed by atoms with Gasteiger partial charge < -0.3 is 4.74 Å². The van der Waals surface area contributed by atoms with E-state index in [1.165, 1.54) is 17.4 Å². The summed E-state index contributed by atoms with van der Waals surface area (Å²) in [5.41, 5.74) is 1.99. The standard InChI is InChI=1S/C20H17ClN2O2S/c1-25-18-5-3-2-4-15(18)8-11-19(24)23-20-22-13-17(26-20)12-14-6-9-16(21)10-7-14/h2-11,13H,12H2,1H3,(H,22,23,24)/b11-8+. The minimum atomic E-state index is -0.233. The maximum atomic E-state index is 12.1. The van der Waals surface area contributed by atoms with Gasteiger partial charge in [-0.25, -0.2) is 4.98 Å². The zero-order chi connectivity index (χ0) is 18.4. The van der Waals surface area contributed by atoms with E-state index in [0.717, 1.165) is 28.2 Å². The third-order valence-electron chi connectivity index (χ3n) is 3.63. The fourth-order valence-corrected chi connectivity index (χ4v) is 3.34. The Balaban J connectivity index is 1.60. The van der Waals surface area contributed by atoms with Gasteiger partial charge in [-0.1, -0.05) is 41.9 Å². The lowest BCUT2D eigenvalue weighted by molar-refractivity contribution is -0.111. The Labute approximate surface area is 161 Å². The molecule has 4 nitrogen and oxygen atoms in total. The van der Waals surface area contributed by atoms with Crippen LogP contribution >= 0.6 is 22.9 Å². The SMILES string of the molecule is COc1ccccc1/C=C/C(=O)Nc1ncc(Cc2ccc(Cl)cc2)s1. The number of amides is 1. The molecule has 26 heavy (non-hydrogen) atoms. The average molecular weight is 385 g/mol. The van der Waals surface area contributed by atoms with Crippen molar-refractivity contribution in [3.8, 4) is 5.75 Å². The number of halogens is 1. The molecule has 3 rings (SSSR count). The first kappa shape index (κ1) is 18.2. The van der Waals surface area contributed by atoms with E-state index < -0.39 is 0 Å². The first-order valence-corrected chi connectivity index (χ1v) is 9.15. The number of rotatable bonds is 6. The molecule has 0 saturated heterocycles. The number of ether oxygens (including phenoxy) is 1. The summed E-state index contributed by atoms with van der Waals surface area (Å²) >= 11 is 7.35. The first-order valence-electron chi connectivity index (χ1n) is 7.95. The molecule has 1 N–H and O–H groups in total. The molecule has 0 aliphatic heterocycles. The molecule has 0 spiro atoms. The van der Waals surface area contributed by atoms with Crippen molar-refractivity contribution < 1.29 is 9.53 Å². The molecule has 0 bridgehead atoms. The van der Waals surface area contributed by atoms with E-state index in [1.807, 2.05) is 48.5 Å². The Morgan fingerprint density at radius 1 is 1.23 bits per heavy atom. The van der Waals surface area contributed by atoms with Crippen molar-refractivity contribution in [2.24, 2.45) is 0 Å². The van der Waals surface area contributed by atoms with Gasteiger partial charge in [0.05, 0.1) is 7.11 Å². The number of aromatic nitrogens is 1. The summed E-state index contributed by atoms with van der Waals surface area (Å²) in [5, 5.41) is 4.07. The summed E-state index contributed by atoms with van der Waals surface area (Å²) in [6.07, 6.45) is 5.72. The van der Waals surface area contributed by atoms with E-state index in [-0.39, 0.29) is 5.91 Å². The third-order valence-corrected chi connectivity index (χ3v) is 4.79. The maximum absolute atomic E-state index is 12.1. The normalized spacial score (nSPS) is 10.8. The largest absolute Gasteiger partial charge is 0.496 e. The molecule has 1 aromatic heterocycles. The molecular formula is C20H17ClN2O2S. The quantitative estimate of drug-likeness (QED) is 0.605. The van der Waals surface area contributed by atoms with Crippen LogP contribution in [0.25, 0.3) is 6.08 Å². The fraction of sp³-hybridized carbons (Fsp3) is 0.100. The minimum absolute atomic E-state index is 0.233. The van der Waals surface area contributed by atoms with E-state index in [9.17, 15) is 4.79 Å². The van der Waals surface area contributed by atoms with Crippen LogP contribution in [-0.4, -0.2) is 18.0 Å². The Kier molecular flexibility index (Phi) is 6.04. The highest BCUT2D eigenvalue weighted by Gasteiger charge is 2.06. The van der Waals surface area contributed by atoms with Crippen molar-refractivity contribution in [2.45, 2.75) is 6.42 Å². The zero-order valence-corrected chi connectivity index (χ0v) is 15.7. The molecule has 2 aromatic carbocycles. The molecule has 6 heteroatoms. The number of benzene rings is 2. The number of thiazole rings is 1. The van der Waals surface area contributed by atoms with Gasteiger partial charge in [0.25, 0.3) is 0 Å². The topological polar surface area (TPSA) is 51.2 Å². The number of carbonyl (C=O) groups is 1. The smallest absolute Gasteiger partial charge is 0.250 e. The summed E-state index contributed by atoms with van der Waals surface area (Å²) in [6, 6.07) is 15.2. The lowest BCUT2D eigenvalue weighted by Gasteiger charge is -2.03. The summed E-state index contributed by atoms with van der Waals surface area (Å²) in [7, 11) is 1.60. The van der Waals surface area contributed by atoms with Crippen LogP contribution in [0, 0.1) is 0 Å². The van der Waals surface area contributed by atoms with Gasteiger partial charge in [0.1, 0.15) is 5.75 Å². The molecule has 0 aliphatic carbocycles. The molecule has 0 fully saturated rings. The van der Waals surface area contributed by atoms with Crippen molar-refractivity contribution in [2.75, 3.05) is 12.4 Å². The number of carbonyl (C=O) groups excluding carboxylic acids is 1. The lowest BCUT2D eigenvalue weighted by atomic mass is 10.1. The lowest BCUT2D eigenvalue weighted by Crippen LogP contribution is -2.07. The molecule has 132 valence electrons. The summed E-state index contributed by atoms with van der Waals surface area (Å²) in [6.45, 7) is 0. The van der Waals surface area contributed by atoms with Crippen molar-refractivity contribution in [1.29, 1.82) is 0 Å². The Bertz CT molecular complexity index is 920. The van der Waals surface area contributed by atoms with Crippen molar-refractivity contribution in [1.82, 2.24) is 4.98 Å². The van der Waals surface area contributed by atoms with Crippen molar-refractivity contribution in [3.63, 3.8) is 0 Å². The van der Waals surface area contributed by atoms with E-state index in [0.29, 0.717) is 10.2 Å². The fourth-order valence-electron chi connectivity index (χ4n) is 2.37. The number of nitrogens with one attached hydrogen (secondary N) is 1. The maximum Gasteiger partial charge on any atom is 0.250 e. The second-order valence-electron chi connectivity index (χ2n) is 5.50. The van der Waals surface area contributed by atoms with Crippen molar-refractivity contribution in [3.05, 3.63) is 81.8 Å². The molecule has 0 aliphatic rings. The molecule has 3 aromatic rings. The van der Waals surface area contributed by atoms with E-state index in [2.05, 4.69) is 10.3 Å². The van der Waals surface area contributed by atoms with Gasteiger partial charge in [-0.3, -0.25) is 10.1 Å². The Morgan fingerprint density at radius 3 is 2.77 bits per heavy atom.